The molecule has 1 amide bonds. The van der Waals surface area contributed by atoms with Crippen LogP contribution in [0, 0.1) is 21.4 Å². The zero-order valence-corrected chi connectivity index (χ0v) is 14.5. The lowest BCUT2D eigenvalue weighted by molar-refractivity contribution is -0.384. The van der Waals surface area contributed by atoms with Crippen LogP contribution in [0.15, 0.2) is 42.0 Å². The molecule has 8 nitrogen and oxygen atoms in total. The van der Waals surface area contributed by atoms with E-state index in [4.69, 9.17) is 21.1 Å². The van der Waals surface area contributed by atoms with E-state index in [2.05, 4.69) is 5.32 Å². The number of anilines is 1. The predicted molar refractivity (Wildman–Crippen MR) is 97.8 cm³/mol. The number of carbonyl (C=O) groups excluding carboxylic acids is 1. The lowest BCUT2D eigenvalue weighted by atomic mass is 10.1. The van der Waals surface area contributed by atoms with Gasteiger partial charge in [-0.3, -0.25) is 14.9 Å². The fourth-order valence-corrected chi connectivity index (χ4v) is 2.55. The number of nitro groups is 1. The molecular weight excluding hydrogens is 374 g/mol. The van der Waals surface area contributed by atoms with Crippen LogP contribution < -0.4 is 14.8 Å². The number of halogens is 1. The van der Waals surface area contributed by atoms with Crippen LogP contribution in [-0.4, -0.2) is 24.0 Å². The van der Waals surface area contributed by atoms with Crippen molar-refractivity contribution in [1.82, 2.24) is 0 Å². The Morgan fingerprint density at radius 1 is 1.22 bits per heavy atom. The van der Waals surface area contributed by atoms with Gasteiger partial charge in [0, 0.05) is 34.5 Å². The molecule has 1 aliphatic heterocycles. The van der Waals surface area contributed by atoms with Gasteiger partial charge in [0.25, 0.3) is 11.6 Å². The van der Waals surface area contributed by atoms with Gasteiger partial charge < -0.3 is 14.8 Å². The van der Waals surface area contributed by atoms with Gasteiger partial charge in [-0.2, -0.15) is 5.26 Å². The van der Waals surface area contributed by atoms with Crippen LogP contribution in [0.2, 0.25) is 5.02 Å². The molecule has 2 aromatic carbocycles. The van der Waals surface area contributed by atoms with E-state index in [1.807, 2.05) is 0 Å². The maximum atomic E-state index is 12.4. The van der Waals surface area contributed by atoms with E-state index in [1.165, 1.54) is 24.3 Å². The van der Waals surface area contributed by atoms with Crippen molar-refractivity contribution in [3.05, 3.63) is 62.7 Å². The van der Waals surface area contributed by atoms with Crippen molar-refractivity contribution in [2.75, 3.05) is 18.5 Å². The Hall–Kier alpha value is -3.57. The molecule has 9 heteroatoms. The number of amides is 1. The summed E-state index contributed by atoms with van der Waals surface area (Å²) in [4.78, 5) is 22.7. The summed E-state index contributed by atoms with van der Waals surface area (Å²) in [5.41, 5.74) is 0.151. The Morgan fingerprint density at radius 3 is 2.67 bits per heavy atom. The Labute approximate surface area is 158 Å². The second-order valence-electron chi connectivity index (χ2n) is 5.45. The molecule has 0 unspecified atom stereocenters. The first-order valence-corrected chi connectivity index (χ1v) is 8.12. The van der Waals surface area contributed by atoms with Crippen LogP contribution in [0.25, 0.3) is 6.08 Å². The maximum Gasteiger partial charge on any atom is 0.270 e. The summed E-state index contributed by atoms with van der Waals surface area (Å²) in [6.45, 7) is 0.850. The van der Waals surface area contributed by atoms with Gasteiger partial charge in [-0.15, -0.1) is 0 Å². The van der Waals surface area contributed by atoms with Crippen molar-refractivity contribution < 1.29 is 19.2 Å². The molecule has 0 saturated heterocycles. The molecule has 0 fully saturated rings. The maximum absolute atomic E-state index is 12.4. The summed E-state index contributed by atoms with van der Waals surface area (Å²) in [7, 11) is 0. The van der Waals surface area contributed by atoms with E-state index >= 15 is 0 Å². The molecule has 2 aromatic rings. The van der Waals surface area contributed by atoms with Gasteiger partial charge in [-0.05, 0) is 24.3 Å². The minimum absolute atomic E-state index is 0.181. The van der Waals surface area contributed by atoms with Crippen LogP contribution in [0.4, 0.5) is 11.4 Å². The Morgan fingerprint density at radius 2 is 1.96 bits per heavy atom. The number of nitro benzene ring substituents is 1. The Balaban J connectivity index is 1.84. The van der Waals surface area contributed by atoms with E-state index in [1.54, 1.807) is 24.3 Å². The third kappa shape index (κ3) is 4.16. The van der Waals surface area contributed by atoms with Crippen LogP contribution in [0.1, 0.15) is 5.56 Å². The molecular formula is C18H12ClN3O5. The van der Waals surface area contributed by atoms with E-state index < -0.39 is 10.8 Å². The number of nitrogens with one attached hydrogen (secondary N) is 1. The van der Waals surface area contributed by atoms with Gasteiger partial charge in [-0.1, -0.05) is 11.6 Å². The SMILES string of the molecule is N#CC(=Cc1cc([N+](=O)[O-])ccc1Cl)C(=O)Nc1ccc2c(c1)OCCO2. The molecule has 3 rings (SSSR count). The van der Waals surface area contributed by atoms with Crippen molar-refractivity contribution in [3.8, 4) is 17.6 Å². The molecule has 0 saturated carbocycles. The smallest absolute Gasteiger partial charge is 0.270 e. The van der Waals surface area contributed by atoms with E-state index in [0.717, 1.165) is 0 Å². The number of rotatable bonds is 4. The molecule has 136 valence electrons. The molecule has 1 N–H and O–H groups in total. The summed E-state index contributed by atoms with van der Waals surface area (Å²) >= 11 is 6.01. The van der Waals surface area contributed by atoms with Crippen molar-refractivity contribution in [2.45, 2.75) is 0 Å². The van der Waals surface area contributed by atoms with Crippen molar-refractivity contribution in [3.63, 3.8) is 0 Å². The second kappa shape index (κ2) is 7.76. The number of non-ortho nitro benzene ring substituents is 1. The molecule has 0 aliphatic carbocycles. The zero-order valence-electron chi connectivity index (χ0n) is 13.8. The third-order valence-corrected chi connectivity index (χ3v) is 4.00. The first kappa shape index (κ1) is 18.2. The fourth-order valence-electron chi connectivity index (χ4n) is 2.38. The summed E-state index contributed by atoms with van der Waals surface area (Å²) in [5.74, 6) is 0.374. The number of hydrogen-bond donors (Lipinski definition) is 1. The number of nitrogens with zero attached hydrogens (tertiary/aromatic N) is 2. The molecule has 0 spiro atoms. The van der Waals surface area contributed by atoms with Crippen LogP contribution in [0.3, 0.4) is 0 Å². The quantitative estimate of drug-likeness (QED) is 0.372. The molecule has 1 aliphatic rings. The summed E-state index contributed by atoms with van der Waals surface area (Å²) < 4.78 is 10.8. The van der Waals surface area contributed by atoms with Crippen LogP contribution in [0.5, 0.6) is 11.5 Å². The molecule has 0 bridgehead atoms. The molecule has 0 aromatic heterocycles. The monoisotopic (exact) mass is 385 g/mol. The second-order valence-corrected chi connectivity index (χ2v) is 5.85. The van der Waals surface area contributed by atoms with E-state index in [-0.39, 0.29) is 21.8 Å². The molecule has 27 heavy (non-hydrogen) atoms. The topological polar surface area (TPSA) is 114 Å². The Bertz CT molecular complexity index is 997. The number of hydrogen-bond acceptors (Lipinski definition) is 6. The van der Waals surface area contributed by atoms with Gasteiger partial charge in [-0.25, -0.2) is 0 Å². The first-order chi connectivity index (χ1) is 13.0. The van der Waals surface area contributed by atoms with Gasteiger partial charge in [0.1, 0.15) is 24.9 Å². The fraction of sp³-hybridized carbons (Fsp3) is 0.111. The minimum atomic E-state index is -0.684. The van der Waals surface area contributed by atoms with Gasteiger partial charge in [0.2, 0.25) is 0 Å². The molecule has 0 atom stereocenters. The highest BCUT2D eigenvalue weighted by Crippen LogP contribution is 2.32. The zero-order chi connectivity index (χ0) is 19.4. The highest BCUT2D eigenvalue weighted by atomic mass is 35.5. The molecule has 0 radical (unpaired) electrons. The number of nitriles is 1. The summed E-state index contributed by atoms with van der Waals surface area (Å²) in [5, 5.41) is 22.9. The summed E-state index contributed by atoms with van der Waals surface area (Å²) in [6, 6.07) is 10.4. The minimum Gasteiger partial charge on any atom is -0.486 e. The largest absolute Gasteiger partial charge is 0.486 e. The van der Waals surface area contributed by atoms with E-state index in [0.29, 0.717) is 30.4 Å². The van der Waals surface area contributed by atoms with Gasteiger partial charge in [0.05, 0.1) is 4.92 Å². The number of ether oxygens (including phenoxy) is 2. The van der Waals surface area contributed by atoms with Crippen LogP contribution >= 0.6 is 11.6 Å². The lowest BCUT2D eigenvalue weighted by Gasteiger charge is -2.18. The number of benzene rings is 2. The van der Waals surface area contributed by atoms with Crippen molar-refractivity contribution in [1.29, 1.82) is 5.26 Å². The third-order valence-electron chi connectivity index (χ3n) is 3.66. The van der Waals surface area contributed by atoms with Gasteiger partial charge in [0.15, 0.2) is 11.5 Å². The average Bonchev–Trinajstić information content (AvgIpc) is 2.67. The van der Waals surface area contributed by atoms with Gasteiger partial charge >= 0.3 is 0 Å². The highest BCUT2D eigenvalue weighted by Gasteiger charge is 2.16. The van der Waals surface area contributed by atoms with Crippen molar-refractivity contribution in [2.24, 2.45) is 0 Å². The average molecular weight is 386 g/mol. The lowest BCUT2D eigenvalue weighted by Crippen LogP contribution is -2.17. The summed E-state index contributed by atoms with van der Waals surface area (Å²) in [6.07, 6.45) is 1.20. The standard InChI is InChI=1S/C18H12ClN3O5/c19-15-3-2-14(22(24)25)8-11(15)7-12(10-20)18(23)21-13-1-4-16-17(9-13)27-6-5-26-16/h1-4,7-9H,5-6H2,(H,21,23). The number of fused-ring (bicyclic) bond motifs is 1. The number of carbonyl (C=O) groups is 1. The van der Waals surface area contributed by atoms with E-state index in [9.17, 15) is 20.2 Å². The van der Waals surface area contributed by atoms with Crippen molar-refractivity contribution >= 4 is 35.0 Å². The normalized spacial score (nSPS) is 12.8. The first-order valence-electron chi connectivity index (χ1n) is 7.74. The van der Waals surface area contributed by atoms with Crippen LogP contribution in [-0.2, 0) is 4.79 Å². The highest BCUT2D eigenvalue weighted by molar-refractivity contribution is 6.32. The molecule has 1 heterocycles. The Kier molecular flexibility index (Phi) is 5.24. The predicted octanol–water partition coefficient (Wildman–Crippen LogP) is 3.57.